The van der Waals surface area contributed by atoms with Gasteiger partial charge in [0.05, 0.1) is 0 Å². The first-order chi connectivity index (χ1) is 11.8. The molecule has 1 amide bonds. The predicted octanol–water partition coefficient (Wildman–Crippen LogP) is 1.91. The molecule has 24 heavy (non-hydrogen) atoms. The van der Waals surface area contributed by atoms with Crippen LogP contribution in [0.5, 0.6) is 0 Å². The fourth-order valence-corrected chi connectivity index (χ4v) is 2.80. The minimum atomic E-state index is -0.0569. The Morgan fingerprint density at radius 2 is 1.75 bits per heavy atom. The van der Waals surface area contributed by atoms with E-state index in [4.69, 9.17) is 0 Å². The second-order valence-electron chi connectivity index (χ2n) is 5.94. The zero-order valence-corrected chi connectivity index (χ0v) is 13.7. The molecule has 0 unspecified atom stereocenters. The normalized spacial score (nSPS) is 14.5. The molecular weight excluding hydrogens is 302 g/mol. The summed E-state index contributed by atoms with van der Waals surface area (Å²) in [6, 6.07) is 9.65. The van der Waals surface area contributed by atoms with Crippen LogP contribution in [0.1, 0.15) is 28.8 Å². The smallest absolute Gasteiger partial charge is 0.251 e. The summed E-state index contributed by atoms with van der Waals surface area (Å²) in [7, 11) is 0. The first kappa shape index (κ1) is 16.4. The average molecular weight is 325 g/mol. The largest absolute Gasteiger partial charge is 0.352 e. The molecule has 2 aromatic rings. The van der Waals surface area contributed by atoms with Gasteiger partial charge in [-0.05, 0) is 49.7 Å². The maximum atomic E-state index is 12.1. The number of likely N-dealkylation sites (tertiary alicyclic amines) is 1. The van der Waals surface area contributed by atoms with Crippen LogP contribution in [-0.4, -0.2) is 47.0 Å². The van der Waals surface area contributed by atoms with Crippen molar-refractivity contribution in [2.24, 2.45) is 0 Å². The molecule has 1 fully saturated rings. The summed E-state index contributed by atoms with van der Waals surface area (Å²) in [4.78, 5) is 22.7. The third kappa shape index (κ3) is 4.76. The summed E-state index contributed by atoms with van der Waals surface area (Å²) >= 11 is 0. The summed E-state index contributed by atoms with van der Waals surface area (Å²) in [5, 5.41) is 5.95. The van der Waals surface area contributed by atoms with Gasteiger partial charge in [-0.3, -0.25) is 9.69 Å². The van der Waals surface area contributed by atoms with E-state index in [0.29, 0.717) is 24.6 Å². The molecule has 1 aromatic carbocycles. The predicted molar refractivity (Wildman–Crippen MR) is 93.8 cm³/mol. The zero-order chi connectivity index (χ0) is 16.6. The van der Waals surface area contributed by atoms with E-state index < -0.39 is 0 Å². The molecule has 2 N–H and O–H groups in total. The Labute approximate surface area is 142 Å². The van der Waals surface area contributed by atoms with Crippen LogP contribution in [0.15, 0.2) is 42.7 Å². The van der Waals surface area contributed by atoms with Gasteiger partial charge in [0.15, 0.2) is 0 Å². The quantitative estimate of drug-likeness (QED) is 0.761. The van der Waals surface area contributed by atoms with Crippen LogP contribution in [-0.2, 0) is 6.54 Å². The molecule has 1 aliphatic heterocycles. The number of nitrogens with zero attached hydrogens (tertiary/aromatic N) is 3. The summed E-state index contributed by atoms with van der Waals surface area (Å²) in [6.45, 7) is 4.44. The lowest BCUT2D eigenvalue weighted by molar-refractivity contribution is 0.0955. The van der Waals surface area contributed by atoms with E-state index in [1.165, 1.54) is 31.5 Å². The third-order valence-corrected chi connectivity index (χ3v) is 4.08. The zero-order valence-electron chi connectivity index (χ0n) is 13.7. The Kier molecular flexibility index (Phi) is 5.74. The van der Waals surface area contributed by atoms with Gasteiger partial charge in [-0.1, -0.05) is 12.1 Å². The minimum absolute atomic E-state index is 0.0569. The van der Waals surface area contributed by atoms with Crippen molar-refractivity contribution < 1.29 is 4.79 Å². The fraction of sp³-hybridized carbons (Fsp3) is 0.389. The van der Waals surface area contributed by atoms with Crippen LogP contribution in [0.25, 0.3) is 0 Å². The number of amides is 1. The van der Waals surface area contributed by atoms with Crippen LogP contribution in [0.3, 0.4) is 0 Å². The van der Waals surface area contributed by atoms with Crippen molar-refractivity contribution in [3.63, 3.8) is 0 Å². The van der Waals surface area contributed by atoms with E-state index in [1.54, 1.807) is 18.5 Å². The number of hydrogen-bond acceptors (Lipinski definition) is 5. The molecule has 0 radical (unpaired) electrons. The lowest BCUT2D eigenvalue weighted by Crippen LogP contribution is -2.29. The average Bonchev–Trinajstić information content (AvgIpc) is 3.13. The number of hydrogen-bond donors (Lipinski definition) is 2. The molecule has 0 aliphatic carbocycles. The molecule has 0 bridgehead atoms. The third-order valence-electron chi connectivity index (χ3n) is 4.08. The maximum absolute atomic E-state index is 12.1. The molecule has 1 aromatic heterocycles. The van der Waals surface area contributed by atoms with E-state index in [0.717, 1.165) is 6.54 Å². The highest BCUT2D eigenvalue weighted by Crippen LogP contribution is 2.13. The molecule has 1 aliphatic rings. The van der Waals surface area contributed by atoms with Crippen molar-refractivity contribution in [3.05, 3.63) is 53.9 Å². The van der Waals surface area contributed by atoms with Crippen LogP contribution < -0.4 is 10.6 Å². The number of nitrogens with one attached hydrogen (secondary N) is 2. The Morgan fingerprint density at radius 1 is 1.04 bits per heavy atom. The Morgan fingerprint density at radius 3 is 2.46 bits per heavy atom. The molecule has 0 spiro atoms. The Balaban J connectivity index is 1.41. The fourth-order valence-electron chi connectivity index (χ4n) is 2.80. The van der Waals surface area contributed by atoms with Crippen LogP contribution in [0.2, 0.25) is 0 Å². The van der Waals surface area contributed by atoms with Gasteiger partial charge in [-0.25, -0.2) is 9.97 Å². The van der Waals surface area contributed by atoms with Gasteiger partial charge in [-0.15, -0.1) is 0 Å². The number of anilines is 1. The SMILES string of the molecule is O=C(NCCNc1ncccn1)c1ccc(CN2CCCC2)cc1. The maximum Gasteiger partial charge on any atom is 0.251 e. The van der Waals surface area contributed by atoms with Crippen molar-refractivity contribution >= 4 is 11.9 Å². The van der Waals surface area contributed by atoms with Gasteiger partial charge in [0.1, 0.15) is 0 Å². The van der Waals surface area contributed by atoms with Crippen LogP contribution in [0.4, 0.5) is 5.95 Å². The molecule has 6 heteroatoms. The Hall–Kier alpha value is -2.47. The van der Waals surface area contributed by atoms with Gasteiger partial charge in [0.2, 0.25) is 5.95 Å². The Bertz CT molecular complexity index is 638. The van der Waals surface area contributed by atoms with Crippen molar-refractivity contribution in [3.8, 4) is 0 Å². The van der Waals surface area contributed by atoms with E-state index in [-0.39, 0.29) is 5.91 Å². The van der Waals surface area contributed by atoms with Crippen molar-refractivity contribution in [2.45, 2.75) is 19.4 Å². The van der Waals surface area contributed by atoms with Gasteiger partial charge in [-0.2, -0.15) is 0 Å². The molecule has 1 saturated heterocycles. The number of carbonyl (C=O) groups is 1. The number of benzene rings is 1. The molecule has 6 nitrogen and oxygen atoms in total. The molecule has 126 valence electrons. The van der Waals surface area contributed by atoms with Crippen LogP contribution >= 0.6 is 0 Å². The van der Waals surface area contributed by atoms with Crippen LogP contribution in [0, 0.1) is 0 Å². The lowest BCUT2D eigenvalue weighted by atomic mass is 10.1. The molecule has 2 heterocycles. The van der Waals surface area contributed by atoms with E-state index in [9.17, 15) is 4.79 Å². The first-order valence-corrected chi connectivity index (χ1v) is 8.42. The second-order valence-corrected chi connectivity index (χ2v) is 5.94. The van der Waals surface area contributed by atoms with Gasteiger partial charge >= 0.3 is 0 Å². The highest BCUT2D eigenvalue weighted by molar-refractivity contribution is 5.94. The highest BCUT2D eigenvalue weighted by atomic mass is 16.1. The first-order valence-electron chi connectivity index (χ1n) is 8.42. The summed E-state index contributed by atoms with van der Waals surface area (Å²) in [5.74, 6) is 0.511. The molecule has 0 saturated carbocycles. The number of rotatable bonds is 7. The van der Waals surface area contributed by atoms with E-state index >= 15 is 0 Å². The standard InChI is InChI=1S/C18H23N5O/c24-17(19-10-11-22-18-20-8-3-9-21-18)16-6-4-15(5-7-16)14-23-12-1-2-13-23/h3-9H,1-2,10-14H2,(H,19,24)(H,20,21,22). The van der Waals surface area contributed by atoms with Crippen molar-refractivity contribution in [1.29, 1.82) is 0 Å². The topological polar surface area (TPSA) is 70.1 Å². The molecule has 3 rings (SSSR count). The van der Waals surface area contributed by atoms with Gasteiger partial charge in [0.25, 0.3) is 5.91 Å². The van der Waals surface area contributed by atoms with Crippen molar-refractivity contribution in [2.75, 3.05) is 31.5 Å². The number of aromatic nitrogens is 2. The van der Waals surface area contributed by atoms with Gasteiger partial charge in [0, 0.05) is 37.6 Å². The molecular formula is C18H23N5O. The second kappa shape index (κ2) is 8.40. The monoisotopic (exact) mass is 325 g/mol. The molecule has 0 atom stereocenters. The van der Waals surface area contributed by atoms with Gasteiger partial charge < -0.3 is 10.6 Å². The summed E-state index contributed by atoms with van der Waals surface area (Å²) in [5.41, 5.74) is 1.95. The lowest BCUT2D eigenvalue weighted by Gasteiger charge is -2.14. The summed E-state index contributed by atoms with van der Waals surface area (Å²) in [6.07, 6.45) is 5.94. The van der Waals surface area contributed by atoms with Crippen molar-refractivity contribution in [1.82, 2.24) is 20.2 Å². The summed E-state index contributed by atoms with van der Waals surface area (Å²) < 4.78 is 0. The van der Waals surface area contributed by atoms with E-state index in [2.05, 4.69) is 25.5 Å². The number of carbonyl (C=O) groups excluding carboxylic acids is 1. The van der Waals surface area contributed by atoms with E-state index in [1.807, 2.05) is 24.3 Å². The minimum Gasteiger partial charge on any atom is -0.352 e. The highest BCUT2D eigenvalue weighted by Gasteiger charge is 2.12.